The van der Waals surface area contributed by atoms with Crippen LogP contribution in [0.15, 0.2) is 36.9 Å². The highest BCUT2D eigenvalue weighted by Gasteiger charge is 2.24. The highest BCUT2D eigenvalue weighted by Crippen LogP contribution is 2.16. The first-order chi connectivity index (χ1) is 12.1. The molecule has 0 radical (unpaired) electrons. The van der Waals surface area contributed by atoms with Crippen LogP contribution in [-0.4, -0.2) is 66.2 Å². The number of ether oxygens (including phenoxy) is 1. The lowest BCUT2D eigenvalue weighted by Crippen LogP contribution is -2.36. The van der Waals surface area contributed by atoms with Crippen LogP contribution < -0.4 is 4.90 Å². The largest absolute Gasteiger partial charge is 0.379 e. The van der Waals surface area contributed by atoms with E-state index in [1.165, 1.54) is 0 Å². The van der Waals surface area contributed by atoms with Crippen LogP contribution in [-0.2, 0) is 11.2 Å². The maximum atomic E-state index is 12.7. The number of hydrogen-bond acceptors (Lipinski definition) is 6. The standard InChI is InChI=1S/C18H23N5O2/c1-22(2)17-9-16(20-13-21-17)8-14-11-23(6-7-25-12-14)18(24)15-4-3-5-19-10-15/h3-5,9-10,13-14H,6-8,11-12H2,1-2H3/t14-/m1/s1. The third kappa shape index (κ3) is 4.51. The Morgan fingerprint density at radius 1 is 1.40 bits per heavy atom. The van der Waals surface area contributed by atoms with Gasteiger partial charge >= 0.3 is 0 Å². The fourth-order valence-corrected chi connectivity index (χ4v) is 2.90. The van der Waals surface area contributed by atoms with Crippen molar-refractivity contribution < 1.29 is 9.53 Å². The molecule has 1 aliphatic rings. The van der Waals surface area contributed by atoms with Crippen molar-refractivity contribution in [2.24, 2.45) is 5.92 Å². The number of aromatic nitrogens is 3. The summed E-state index contributed by atoms with van der Waals surface area (Å²) < 4.78 is 5.71. The molecule has 1 amide bonds. The van der Waals surface area contributed by atoms with Crippen molar-refractivity contribution in [3.63, 3.8) is 0 Å². The smallest absolute Gasteiger partial charge is 0.255 e. The number of hydrogen-bond donors (Lipinski definition) is 0. The maximum absolute atomic E-state index is 12.7. The number of carbonyl (C=O) groups excluding carboxylic acids is 1. The monoisotopic (exact) mass is 341 g/mol. The number of nitrogens with zero attached hydrogens (tertiary/aromatic N) is 5. The number of pyridine rings is 1. The molecule has 0 unspecified atom stereocenters. The van der Waals surface area contributed by atoms with Crippen LogP contribution in [0, 0.1) is 5.92 Å². The zero-order valence-corrected chi connectivity index (χ0v) is 14.6. The highest BCUT2D eigenvalue weighted by molar-refractivity contribution is 5.93. The van der Waals surface area contributed by atoms with Crippen molar-refractivity contribution in [3.05, 3.63) is 48.2 Å². The van der Waals surface area contributed by atoms with Crippen molar-refractivity contribution in [2.75, 3.05) is 45.3 Å². The molecule has 0 bridgehead atoms. The molecule has 0 spiro atoms. The van der Waals surface area contributed by atoms with Gasteiger partial charge < -0.3 is 14.5 Å². The van der Waals surface area contributed by atoms with Gasteiger partial charge in [-0.05, 0) is 18.6 Å². The molecule has 0 saturated carbocycles. The number of carbonyl (C=O) groups is 1. The van der Waals surface area contributed by atoms with Gasteiger partial charge in [0.25, 0.3) is 5.91 Å². The summed E-state index contributed by atoms with van der Waals surface area (Å²) in [6.07, 6.45) is 5.61. The first-order valence-corrected chi connectivity index (χ1v) is 8.39. The quantitative estimate of drug-likeness (QED) is 0.834. The SMILES string of the molecule is CN(C)c1cc(C[C@H]2COCCN(C(=O)c3cccnc3)C2)ncn1. The van der Waals surface area contributed by atoms with Gasteiger partial charge in [-0.3, -0.25) is 9.78 Å². The molecule has 3 rings (SSSR count). The summed E-state index contributed by atoms with van der Waals surface area (Å²) in [4.78, 5) is 29.1. The third-order valence-electron chi connectivity index (χ3n) is 4.20. The zero-order valence-electron chi connectivity index (χ0n) is 14.6. The molecule has 1 saturated heterocycles. The predicted molar refractivity (Wildman–Crippen MR) is 94.5 cm³/mol. The van der Waals surface area contributed by atoms with E-state index in [9.17, 15) is 4.79 Å². The van der Waals surface area contributed by atoms with E-state index in [1.54, 1.807) is 30.9 Å². The van der Waals surface area contributed by atoms with Crippen LogP contribution in [0.25, 0.3) is 0 Å². The first-order valence-electron chi connectivity index (χ1n) is 8.39. The summed E-state index contributed by atoms with van der Waals surface area (Å²) in [6.45, 7) is 2.42. The van der Waals surface area contributed by atoms with E-state index in [1.807, 2.05) is 30.0 Å². The summed E-state index contributed by atoms with van der Waals surface area (Å²) in [5.41, 5.74) is 1.57. The lowest BCUT2D eigenvalue weighted by molar-refractivity contribution is 0.0737. The van der Waals surface area contributed by atoms with Gasteiger partial charge in [-0.2, -0.15) is 0 Å². The van der Waals surface area contributed by atoms with E-state index in [-0.39, 0.29) is 11.8 Å². The molecule has 1 fully saturated rings. The Morgan fingerprint density at radius 2 is 2.28 bits per heavy atom. The minimum absolute atomic E-state index is 0.000248. The predicted octanol–water partition coefficient (Wildman–Crippen LogP) is 1.27. The van der Waals surface area contributed by atoms with Crippen LogP contribution in [0.2, 0.25) is 0 Å². The fraction of sp³-hybridized carbons (Fsp3) is 0.444. The van der Waals surface area contributed by atoms with Gasteiger partial charge in [-0.25, -0.2) is 9.97 Å². The molecule has 132 valence electrons. The average Bonchev–Trinajstić information content (AvgIpc) is 2.87. The Balaban J connectivity index is 1.70. The Morgan fingerprint density at radius 3 is 3.04 bits per heavy atom. The van der Waals surface area contributed by atoms with E-state index in [0.29, 0.717) is 31.9 Å². The molecule has 7 nitrogen and oxygen atoms in total. The van der Waals surface area contributed by atoms with Crippen molar-refractivity contribution in [1.82, 2.24) is 19.9 Å². The Labute approximate surface area is 147 Å². The summed E-state index contributed by atoms with van der Waals surface area (Å²) in [7, 11) is 3.91. The summed E-state index contributed by atoms with van der Waals surface area (Å²) >= 11 is 0. The Bertz CT molecular complexity index is 708. The molecule has 25 heavy (non-hydrogen) atoms. The van der Waals surface area contributed by atoms with Gasteiger partial charge in [0.05, 0.1) is 18.8 Å². The molecule has 2 aromatic rings. The molecule has 3 heterocycles. The average molecular weight is 341 g/mol. The van der Waals surface area contributed by atoms with E-state index in [0.717, 1.165) is 17.9 Å². The second-order valence-electron chi connectivity index (χ2n) is 6.40. The van der Waals surface area contributed by atoms with Crippen LogP contribution in [0.3, 0.4) is 0 Å². The molecule has 0 aromatic carbocycles. The van der Waals surface area contributed by atoms with Gasteiger partial charge in [0.2, 0.25) is 0 Å². The van der Waals surface area contributed by atoms with Crippen LogP contribution >= 0.6 is 0 Å². The minimum Gasteiger partial charge on any atom is -0.379 e. The second-order valence-corrected chi connectivity index (χ2v) is 6.40. The van der Waals surface area contributed by atoms with Crippen molar-refractivity contribution in [2.45, 2.75) is 6.42 Å². The van der Waals surface area contributed by atoms with Crippen LogP contribution in [0.1, 0.15) is 16.1 Å². The van der Waals surface area contributed by atoms with Crippen molar-refractivity contribution in [3.8, 4) is 0 Å². The van der Waals surface area contributed by atoms with Gasteiger partial charge in [0.15, 0.2) is 0 Å². The first kappa shape index (κ1) is 17.3. The minimum atomic E-state index is 0.000248. The zero-order chi connectivity index (χ0) is 17.6. The van der Waals surface area contributed by atoms with Gasteiger partial charge in [0.1, 0.15) is 12.1 Å². The Kier molecular flexibility index (Phi) is 5.55. The second kappa shape index (κ2) is 8.02. The molecule has 2 aromatic heterocycles. The number of amides is 1. The van der Waals surface area contributed by atoms with E-state index < -0.39 is 0 Å². The third-order valence-corrected chi connectivity index (χ3v) is 4.20. The molecule has 0 aliphatic carbocycles. The lowest BCUT2D eigenvalue weighted by atomic mass is 10.0. The molecule has 1 aliphatic heterocycles. The highest BCUT2D eigenvalue weighted by atomic mass is 16.5. The molecular weight excluding hydrogens is 318 g/mol. The van der Waals surface area contributed by atoms with Gasteiger partial charge in [-0.15, -0.1) is 0 Å². The Hall–Kier alpha value is -2.54. The van der Waals surface area contributed by atoms with Crippen molar-refractivity contribution >= 4 is 11.7 Å². The summed E-state index contributed by atoms with van der Waals surface area (Å²) in [6, 6.07) is 5.56. The van der Waals surface area contributed by atoms with Gasteiger partial charge in [0, 0.05) is 57.3 Å². The normalized spacial score (nSPS) is 17.8. The van der Waals surface area contributed by atoms with Crippen LogP contribution in [0.5, 0.6) is 0 Å². The summed E-state index contributed by atoms with van der Waals surface area (Å²) in [5, 5.41) is 0. The maximum Gasteiger partial charge on any atom is 0.255 e. The van der Waals surface area contributed by atoms with E-state index in [4.69, 9.17) is 4.74 Å². The van der Waals surface area contributed by atoms with Crippen molar-refractivity contribution in [1.29, 1.82) is 0 Å². The van der Waals surface area contributed by atoms with E-state index >= 15 is 0 Å². The fourth-order valence-electron chi connectivity index (χ4n) is 2.90. The number of rotatable bonds is 4. The molecule has 1 atom stereocenters. The summed E-state index contributed by atoms with van der Waals surface area (Å²) in [5.74, 6) is 1.08. The molecular formula is C18H23N5O2. The van der Waals surface area contributed by atoms with E-state index in [2.05, 4.69) is 15.0 Å². The molecule has 7 heteroatoms. The van der Waals surface area contributed by atoms with Crippen LogP contribution in [0.4, 0.5) is 5.82 Å². The topological polar surface area (TPSA) is 71.5 Å². The number of anilines is 1. The molecule has 0 N–H and O–H groups in total. The lowest BCUT2D eigenvalue weighted by Gasteiger charge is -2.23. The van der Waals surface area contributed by atoms with Gasteiger partial charge in [-0.1, -0.05) is 0 Å².